The van der Waals surface area contributed by atoms with Crippen LogP contribution < -0.4 is 0 Å². The minimum atomic E-state index is 0.557. The Labute approximate surface area is 292 Å². The molecule has 238 valence electrons. The van der Waals surface area contributed by atoms with Gasteiger partial charge in [-0.3, -0.25) is 0 Å². The molecule has 0 saturated heterocycles. The predicted octanol–water partition coefficient (Wildman–Crippen LogP) is 12.7. The second kappa shape index (κ2) is 12.0. The molecule has 9 aromatic rings. The summed E-state index contributed by atoms with van der Waals surface area (Å²) in [6, 6.07) is 40.6. The standard InChI is InChI=1S/C44H28ClN3O2/c1-3-12-33-36(4-2)49-39-20-11-18-34(41(33)39)44-47-42(26-13-6-5-7-14-26)46-43(48-44)32-23-22-30(28-15-8-9-16-29(28)32)31-17-10-19-38-40(31)35-25-27(45)21-24-37(35)50-38/h3-25H,2H2,1H3/b12-3-. The average Bonchev–Trinajstić information content (AvgIpc) is 3.72. The molecule has 0 N–H and O–H groups in total. The van der Waals surface area contributed by atoms with Gasteiger partial charge in [0.2, 0.25) is 0 Å². The van der Waals surface area contributed by atoms with Gasteiger partial charge in [0.1, 0.15) is 22.5 Å². The van der Waals surface area contributed by atoms with Gasteiger partial charge in [-0.1, -0.05) is 115 Å². The van der Waals surface area contributed by atoms with Crippen molar-refractivity contribution in [3.63, 3.8) is 0 Å². The van der Waals surface area contributed by atoms with E-state index >= 15 is 0 Å². The number of hydrogen-bond acceptors (Lipinski definition) is 5. The molecule has 6 aromatic carbocycles. The molecule has 0 amide bonds. The number of rotatable bonds is 6. The van der Waals surface area contributed by atoms with Gasteiger partial charge >= 0.3 is 0 Å². The van der Waals surface area contributed by atoms with Crippen molar-refractivity contribution in [2.75, 3.05) is 0 Å². The summed E-state index contributed by atoms with van der Waals surface area (Å²) >= 11 is 6.46. The van der Waals surface area contributed by atoms with E-state index in [2.05, 4.69) is 49.0 Å². The second-order valence-electron chi connectivity index (χ2n) is 12.1. The van der Waals surface area contributed by atoms with E-state index in [0.717, 1.165) is 77.1 Å². The Morgan fingerprint density at radius 1 is 0.560 bits per heavy atom. The Bertz CT molecular complexity index is 2810. The van der Waals surface area contributed by atoms with E-state index < -0.39 is 0 Å². The third kappa shape index (κ3) is 4.82. The van der Waals surface area contributed by atoms with Gasteiger partial charge in [-0.2, -0.15) is 0 Å². The van der Waals surface area contributed by atoms with E-state index in [1.165, 1.54) is 0 Å². The smallest absolute Gasteiger partial charge is 0.164 e. The zero-order valence-corrected chi connectivity index (χ0v) is 27.8. The average molecular weight is 666 g/mol. The van der Waals surface area contributed by atoms with Crippen LogP contribution in [-0.4, -0.2) is 15.0 Å². The first-order chi connectivity index (χ1) is 24.6. The fourth-order valence-corrected chi connectivity index (χ4v) is 7.12. The summed E-state index contributed by atoms with van der Waals surface area (Å²) in [6.45, 7) is 5.98. The van der Waals surface area contributed by atoms with Crippen LogP contribution in [0.2, 0.25) is 5.02 Å². The third-order valence-corrected chi connectivity index (χ3v) is 9.36. The molecule has 0 unspecified atom stereocenters. The summed E-state index contributed by atoms with van der Waals surface area (Å²) in [5.41, 5.74) is 8.08. The first-order valence-electron chi connectivity index (χ1n) is 16.4. The summed E-state index contributed by atoms with van der Waals surface area (Å²) in [4.78, 5) is 15.3. The highest BCUT2D eigenvalue weighted by Crippen LogP contribution is 2.42. The lowest BCUT2D eigenvalue weighted by atomic mass is 9.92. The molecule has 0 radical (unpaired) electrons. The number of hydrogen-bond donors (Lipinski definition) is 0. The van der Waals surface area contributed by atoms with Crippen molar-refractivity contribution >= 4 is 67.4 Å². The van der Waals surface area contributed by atoms with Crippen LogP contribution in [0.3, 0.4) is 0 Å². The zero-order valence-electron chi connectivity index (χ0n) is 27.0. The topological polar surface area (TPSA) is 65.0 Å². The molecule has 3 heterocycles. The monoisotopic (exact) mass is 665 g/mol. The van der Waals surface area contributed by atoms with Crippen LogP contribution in [0.15, 0.2) is 143 Å². The SMILES string of the molecule is C=Cc1oc2cccc(-c3nc(-c4ccccc4)nc(-c4ccc(-c5cccc6oc7ccc(Cl)cc7c56)c5ccccc45)n3)c2c1/C=C\C. The number of fused-ring (bicyclic) bond motifs is 5. The third-order valence-electron chi connectivity index (χ3n) is 9.12. The predicted molar refractivity (Wildman–Crippen MR) is 206 cm³/mol. The molecule has 0 bridgehead atoms. The number of furan rings is 2. The van der Waals surface area contributed by atoms with Crippen molar-refractivity contribution in [3.05, 3.63) is 150 Å². The van der Waals surface area contributed by atoms with Crippen molar-refractivity contribution in [3.8, 4) is 45.3 Å². The molecular formula is C44H28ClN3O2. The van der Waals surface area contributed by atoms with E-state index in [9.17, 15) is 0 Å². The molecule has 0 aliphatic rings. The summed E-state index contributed by atoms with van der Waals surface area (Å²) in [6.07, 6.45) is 5.77. The van der Waals surface area contributed by atoms with Gasteiger partial charge in [-0.05, 0) is 71.3 Å². The summed E-state index contributed by atoms with van der Waals surface area (Å²) in [5, 5.41) is 5.70. The van der Waals surface area contributed by atoms with Gasteiger partial charge in [-0.15, -0.1) is 0 Å². The van der Waals surface area contributed by atoms with Crippen molar-refractivity contribution < 1.29 is 8.83 Å². The van der Waals surface area contributed by atoms with Crippen LogP contribution in [0, 0.1) is 0 Å². The molecule has 5 nitrogen and oxygen atoms in total. The van der Waals surface area contributed by atoms with Crippen molar-refractivity contribution in [2.45, 2.75) is 6.92 Å². The summed E-state index contributed by atoms with van der Waals surface area (Å²) < 4.78 is 12.5. The van der Waals surface area contributed by atoms with Gasteiger partial charge in [0.15, 0.2) is 17.5 Å². The number of benzene rings is 6. The van der Waals surface area contributed by atoms with Gasteiger partial charge in [-0.25, -0.2) is 15.0 Å². The van der Waals surface area contributed by atoms with Crippen LogP contribution in [-0.2, 0) is 0 Å². The Balaban J connectivity index is 1.30. The molecule has 50 heavy (non-hydrogen) atoms. The molecule has 0 saturated carbocycles. The number of halogens is 1. The summed E-state index contributed by atoms with van der Waals surface area (Å²) in [7, 11) is 0. The van der Waals surface area contributed by atoms with E-state index in [1.807, 2.05) is 97.9 Å². The highest BCUT2D eigenvalue weighted by atomic mass is 35.5. The molecular weight excluding hydrogens is 638 g/mol. The maximum Gasteiger partial charge on any atom is 0.164 e. The fraction of sp³-hybridized carbons (Fsp3) is 0.0227. The maximum atomic E-state index is 6.46. The van der Waals surface area contributed by atoms with Gasteiger partial charge in [0, 0.05) is 43.4 Å². The van der Waals surface area contributed by atoms with Crippen LogP contribution in [0.25, 0.3) is 101 Å². The van der Waals surface area contributed by atoms with Crippen molar-refractivity contribution in [2.24, 2.45) is 0 Å². The highest BCUT2D eigenvalue weighted by Gasteiger charge is 2.21. The van der Waals surface area contributed by atoms with E-state index in [-0.39, 0.29) is 0 Å². The first kappa shape index (κ1) is 29.8. The van der Waals surface area contributed by atoms with Crippen LogP contribution in [0.1, 0.15) is 18.2 Å². The molecule has 6 heteroatoms. The van der Waals surface area contributed by atoms with Crippen LogP contribution in [0.5, 0.6) is 0 Å². The molecule has 9 rings (SSSR count). The molecule has 0 aliphatic heterocycles. The molecule has 0 atom stereocenters. The lowest BCUT2D eigenvalue weighted by Crippen LogP contribution is -2.01. The molecule has 3 aromatic heterocycles. The largest absolute Gasteiger partial charge is 0.456 e. The lowest BCUT2D eigenvalue weighted by Gasteiger charge is -2.14. The van der Waals surface area contributed by atoms with E-state index in [0.29, 0.717) is 28.3 Å². The fourth-order valence-electron chi connectivity index (χ4n) is 6.95. The van der Waals surface area contributed by atoms with Crippen molar-refractivity contribution in [1.82, 2.24) is 15.0 Å². The second-order valence-corrected chi connectivity index (χ2v) is 12.5. The van der Waals surface area contributed by atoms with E-state index in [4.69, 9.17) is 35.4 Å². The zero-order chi connectivity index (χ0) is 33.8. The van der Waals surface area contributed by atoms with Crippen LogP contribution >= 0.6 is 11.6 Å². The number of nitrogens with zero attached hydrogens (tertiary/aromatic N) is 3. The lowest BCUT2D eigenvalue weighted by molar-refractivity contribution is 0.603. The van der Waals surface area contributed by atoms with Gasteiger partial charge < -0.3 is 8.83 Å². The van der Waals surface area contributed by atoms with Gasteiger partial charge in [0.25, 0.3) is 0 Å². The Kier molecular flexibility index (Phi) is 7.15. The minimum absolute atomic E-state index is 0.557. The van der Waals surface area contributed by atoms with Gasteiger partial charge in [0.05, 0.1) is 0 Å². The number of allylic oxidation sites excluding steroid dienone is 1. The van der Waals surface area contributed by atoms with E-state index in [1.54, 1.807) is 6.08 Å². The Morgan fingerprint density at radius 3 is 1.98 bits per heavy atom. The Morgan fingerprint density at radius 2 is 1.22 bits per heavy atom. The quantitative estimate of drug-likeness (QED) is 0.177. The first-order valence-corrected chi connectivity index (χ1v) is 16.7. The minimum Gasteiger partial charge on any atom is -0.456 e. The molecule has 0 spiro atoms. The molecule has 0 fully saturated rings. The van der Waals surface area contributed by atoms with Crippen molar-refractivity contribution in [1.29, 1.82) is 0 Å². The summed E-state index contributed by atoms with van der Waals surface area (Å²) in [5.74, 6) is 2.42. The number of aromatic nitrogens is 3. The molecule has 0 aliphatic carbocycles. The van der Waals surface area contributed by atoms with Crippen LogP contribution in [0.4, 0.5) is 0 Å². The maximum absolute atomic E-state index is 6.46. The normalized spacial score (nSPS) is 11.8. The highest BCUT2D eigenvalue weighted by molar-refractivity contribution is 6.32. The Hall–Kier alpha value is -6.30.